The molecule has 0 atom stereocenters. The van der Waals surface area contributed by atoms with Gasteiger partial charge in [-0.3, -0.25) is 0 Å². The maximum Gasteiger partial charge on any atom is 0.128 e. The maximum absolute atomic E-state index is 6.01. The van der Waals surface area contributed by atoms with Crippen LogP contribution < -0.4 is 4.90 Å². The average Bonchev–Trinajstić information content (AvgIpc) is 2.82. The van der Waals surface area contributed by atoms with E-state index >= 15 is 0 Å². The normalized spacial score (nSPS) is 16.4. The molecule has 0 spiro atoms. The SMILES string of the molecule is CN(CC1CCCC1)c1ccc(Cl)c(CCl)n1. The molecule has 0 amide bonds. The van der Waals surface area contributed by atoms with Gasteiger partial charge in [0.25, 0.3) is 0 Å². The minimum absolute atomic E-state index is 0.365. The average molecular weight is 273 g/mol. The summed E-state index contributed by atoms with van der Waals surface area (Å²) in [6.07, 6.45) is 5.44. The maximum atomic E-state index is 6.01. The van der Waals surface area contributed by atoms with Crippen LogP contribution in [0, 0.1) is 5.92 Å². The molecule has 0 bridgehead atoms. The summed E-state index contributed by atoms with van der Waals surface area (Å²) in [4.78, 5) is 6.71. The van der Waals surface area contributed by atoms with Gasteiger partial charge in [0.2, 0.25) is 0 Å². The van der Waals surface area contributed by atoms with Gasteiger partial charge < -0.3 is 4.90 Å². The summed E-state index contributed by atoms with van der Waals surface area (Å²) < 4.78 is 0. The van der Waals surface area contributed by atoms with Crippen LogP contribution in [0.25, 0.3) is 0 Å². The summed E-state index contributed by atoms with van der Waals surface area (Å²) in [5.41, 5.74) is 0.768. The molecule has 0 saturated heterocycles. The van der Waals surface area contributed by atoms with Gasteiger partial charge in [0.05, 0.1) is 16.6 Å². The molecule has 94 valence electrons. The van der Waals surface area contributed by atoms with Gasteiger partial charge in [-0.05, 0) is 30.9 Å². The Labute approximate surface area is 113 Å². The smallest absolute Gasteiger partial charge is 0.128 e. The van der Waals surface area contributed by atoms with E-state index in [2.05, 4.69) is 16.9 Å². The highest BCUT2D eigenvalue weighted by Gasteiger charge is 2.17. The van der Waals surface area contributed by atoms with Crippen LogP contribution in [0.2, 0.25) is 5.02 Å². The third-order valence-corrected chi connectivity index (χ3v) is 4.03. The van der Waals surface area contributed by atoms with E-state index in [1.54, 1.807) is 0 Å². The first-order valence-corrected chi connectivity index (χ1v) is 7.04. The van der Waals surface area contributed by atoms with Crippen molar-refractivity contribution in [2.75, 3.05) is 18.5 Å². The molecule has 2 rings (SSSR count). The fourth-order valence-electron chi connectivity index (χ4n) is 2.45. The number of hydrogen-bond donors (Lipinski definition) is 0. The third-order valence-electron chi connectivity index (χ3n) is 3.43. The number of alkyl halides is 1. The number of anilines is 1. The molecule has 1 heterocycles. The summed E-state index contributed by atoms with van der Waals surface area (Å²) >= 11 is 11.8. The van der Waals surface area contributed by atoms with Gasteiger partial charge in [0.15, 0.2) is 0 Å². The molecule has 1 aromatic rings. The van der Waals surface area contributed by atoms with Crippen LogP contribution in [0.3, 0.4) is 0 Å². The largest absolute Gasteiger partial charge is 0.359 e. The number of hydrogen-bond acceptors (Lipinski definition) is 2. The minimum Gasteiger partial charge on any atom is -0.359 e. The quantitative estimate of drug-likeness (QED) is 0.768. The fourth-order valence-corrected chi connectivity index (χ4v) is 2.90. The van der Waals surface area contributed by atoms with Gasteiger partial charge in [-0.2, -0.15) is 0 Å². The van der Waals surface area contributed by atoms with Crippen molar-refractivity contribution < 1.29 is 0 Å². The van der Waals surface area contributed by atoms with Crippen molar-refractivity contribution >= 4 is 29.0 Å². The Bertz CT molecular complexity index is 376. The Kier molecular flexibility index (Phi) is 4.52. The highest BCUT2D eigenvalue weighted by molar-refractivity contribution is 6.32. The Hall–Kier alpha value is -0.470. The van der Waals surface area contributed by atoms with Crippen molar-refractivity contribution in [1.29, 1.82) is 0 Å². The lowest BCUT2D eigenvalue weighted by molar-refractivity contribution is 0.545. The molecular weight excluding hydrogens is 255 g/mol. The number of halogens is 2. The van der Waals surface area contributed by atoms with Crippen LogP contribution in [0.4, 0.5) is 5.82 Å². The second kappa shape index (κ2) is 5.92. The van der Waals surface area contributed by atoms with Gasteiger partial charge in [-0.25, -0.2) is 4.98 Å². The Morgan fingerprint density at radius 2 is 2.06 bits per heavy atom. The number of rotatable bonds is 4. The molecule has 17 heavy (non-hydrogen) atoms. The van der Waals surface area contributed by atoms with Crippen LogP contribution in [0.5, 0.6) is 0 Å². The molecule has 2 nitrogen and oxygen atoms in total. The summed E-state index contributed by atoms with van der Waals surface area (Å²) in [5, 5.41) is 0.651. The topological polar surface area (TPSA) is 16.1 Å². The molecule has 1 aliphatic rings. The van der Waals surface area contributed by atoms with Crippen molar-refractivity contribution in [1.82, 2.24) is 4.98 Å². The number of aromatic nitrogens is 1. The van der Waals surface area contributed by atoms with Crippen molar-refractivity contribution in [3.8, 4) is 0 Å². The first kappa shape index (κ1) is 13.0. The molecule has 0 aliphatic heterocycles. The molecule has 1 saturated carbocycles. The van der Waals surface area contributed by atoms with Gasteiger partial charge in [-0.1, -0.05) is 24.4 Å². The standard InChI is InChI=1S/C13H18Cl2N2/c1-17(9-10-4-2-3-5-10)13-7-6-11(15)12(8-14)16-13/h6-7,10H,2-5,8-9H2,1H3. The highest BCUT2D eigenvalue weighted by atomic mass is 35.5. The Morgan fingerprint density at radius 3 is 2.71 bits per heavy atom. The number of pyridine rings is 1. The van der Waals surface area contributed by atoms with Gasteiger partial charge >= 0.3 is 0 Å². The van der Waals surface area contributed by atoms with Gasteiger partial charge in [-0.15, -0.1) is 11.6 Å². The summed E-state index contributed by atoms with van der Waals surface area (Å²) in [6.45, 7) is 1.08. The van der Waals surface area contributed by atoms with Gasteiger partial charge in [0, 0.05) is 13.6 Å². The zero-order valence-corrected chi connectivity index (χ0v) is 11.6. The molecule has 1 fully saturated rings. The Balaban J connectivity index is 2.04. The molecule has 0 radical (unpaired) electrons. The van der Waals surface area contributed by atoms with Crippen LogP contribution in [-0.2, 0) is 5.88 Å². The molecule has 0 unspecified atom stereocenters. The Morgan fingerprint density at radius 1 is 1.35 bits per heavy atom. The van der Waals surface area contributed by atoms with E-state index in [9.17, 15) is 0 Å². The second-order valence-electron chi connectivity index (χ2n) is 4.76. The lowest BCUT2D eigenvalue weighted by Gasteiger charge is -2.22. The second-order valence-corrected chi connectivity index (χ2v) is 5.44. The van der Waals surface area contributed by atoms with Gasteiger partial charge in [0.1, 0.15) is 5.82 Å². The first-order valence-electron chi connectivity index (χ1n) is 6.13. The van der Waals surface area contributed by atoms with E-state index in [0.29, 0.717) is 10.9 Å². The van der Waals surface area contributed by atoms with Crippen LogP contribution in [-0.4, -0.2) is 18.6 Å². The third kappa shape index (κ3) is 3.26. The zero-order chi connectivity index (χ0) is 12.3. The molecular formula is C13H18Cl2N2. The number of nitrogens with zero attached hydrogens (tertiary/aromatic N) is 2. The lowest BCUT2D eigenvalue weighted by Crippen LogP contribution is -2.25. The summed E-state index contributed by atoms with van der Waals surface area (Å²) in [5.74, 6) is 2.15. The van der Waals surface area contributed by atoms with E-state index < -0.39 is 0 Å². The van der Waals surface area contributed by atoms with E-state index in [4.69, 9.17) is 23.2 Å². The fraction of sp³-hybridized carbons (Fsp3) is 0.615. The molecule has 4 heteroatoms. The van der Waals surface area contributed by atoms with E-state index in [1.165, 1.54) is 25.7 Å². The first-order chi connectivity index (χ1) is 8.20. The van der Waals surface area contributed by atoms with Crippen LogP contribution >= 0.6 is 23.2 Å². The van der Waals surface area contributed by atoms with Crippen molar-refractivity contribution in [3.05, 3.63) is 22.8 Å². The monoisotopic (exact) mass is 272 g/mol. The van der Waals surface area contributed by atoms with E-state index in [-0.39, 0.29) is 0 Å². The van der Waals surface area contributed by atoms with Crippen molar-refractivity contribution in [3.63, 3.8) is 0 Å². The van der Waals surface area contributed by atoms with Crippen LogP contribution in [0.1, 0.15) is 31.4 Å². The predicted octanol–water partition coefficient (Wildman–Crippen LogP) is 4.10. The molecule has 1 aromatic heterocycles. The predicted molar refractivity (Wildman–Crippen MR) is 74.0 cm³/mol. The lowest BCUT2D eigenvalue weighted by atomic mass is 10.1. The molecule has 1 aliphatic carbocycles. The van der Waals surface area contributed by atoms with Crippen molar-refractivity contribution in [2.45, 2.75) is 31.6 Å². The van der Waals surface area contributed by atoms with Crippen LogP contribution in [0.15, 0.2) is 12.1 Å². The molecule has 0 aromatic carbocycles. The highest BCUT2D eigenvalue weighted by Crippen LogP contribution is 2.27. The van der Waals surface area contributed by atoms with Crippen molar-refractivity contribution in [2.24, 2.45) is 5.92 Å². The minimum atomic E-state index is 0.365. The van der Waals surface area contributed by atoms with E-state index in [1.807, 2.05) is 12.1 Å². The summed E-state index contributed by atoms with van der Waals surface area (Å²) in [7, 11) is 2.09. The van der Waals surface area contributed by atoms with E-state index in [0.717, 1.165) is 24.0 Å². The molecule has 0 N–H and O–H groups in total. The summed E-state index contributed by atoms with van der Waals surface area (Å²) in [6, 6.07) is 3.85. The zero-order valence-electron chi connectivity index (χ0n) is 10.1.